The molecule has 0 aromatic heterocycles. The van der Waals surface area contributed by atoms with Crippen molar-refractivity contribution in [3.63, 3.8) is 0 Å². The normalized spacial score (nSPS) is 25.2. The van der Waals surface area contributed by atoms with Gasteiger partial charge in [-0.1, -0.05) is 25.1 Å². The lowest BCUT2D eigenvalue weighted by atomic mass is 9.84. The maximum atomic E-state index is 12.9. The molecule has 142 valence electrons. The summed E-state index contributed by atoms with van der Waals surface area (Å²) < 4.78 is 5.72. The molecule has 0 bridgehead atoms. The number of piperidine rings is 1. The van der Waals surface area contributed by atoms with Gasteiger partial charge in [0, 0.05) is 24.6 Å². The third-order valence-electron chi connectivity index (χ3n) is 5.44. The molecule has 1 N–H and O–H groups in total. The fourth-order valence-electron chi connectivity index (χ4n) is 3.96. The topological polar surface area (TPSA) is 66.8 Å². The SMILES string of the molecule is CCC(Sc1ccccc1)C(=O)N1CCC([C@@H]2OCCC2C(=O)O)CC1. The average Bonchev–Trinajstić information content (AvgIpc) is 3.17. The van der Waals surface area contributed by atoms with Crippen molar-refractivity contribution < 1.29 is 19.4 Å². The van der Waals surface area contributed by atoms with Gasteiger partial charge in [0.05, 0.1) is 17.3 Å². The fourth-order valence-corrected chi connectivity index (χ4v) is 5.02. The number of thioether (sulfide) groups is 1. The molecule has 5 nitrogen and oxygen atoms in total. The minimum Gasteiger partial charge on any atom is -0.481 e. The molecule has 0 aliphatic carbocycles. The van der Waals surface area contributed by atoms with Crippen LogP contribution in [0.2, 0.25) is 0 Å². The molecule has 2 saturated heterocycles. The van der Waals surface area contributed by atoms with Gasteiger partial charge in [-0.3, -0.25) is 9.59 Å². The largest absolute Gasteiger partial charge is 0.481 e. The van der Waals surface area contributed by atoms with Crippen LogP contribution in [0.5, 0.6) is 0 Å². The van der Waals surface area contributed by atoms with Gasteiger partial charge in [-0.2, -0.15) is 0 Å². The standard InChI is InChI=1S/C20H27NO4S/c1-2-17(26-15-6-4-3-5-7-15)19(22)21-11-8-14(9-12-21)18-16(20(23)24)10-13-25-18/h3-7,14,16-18H,2,8-13H2,1H3,(H,23,24)/t16?,17?,18-/m0/s1. The van der Waals surface area contributed by atoms with Gasteiger partial charge in [0.25, 0.3) is 0 Å². The number of benzene rings is 1. The molecular formula is C20H27NO4S. The Kier molecular flexibility index (Phi) is 6.59. The molecule has 2 aliphatic heterocycles. The summed E-state index contributed by atoms with van der Waals surface area (Å²) in [5.41, 5.74) is 0. The smallest absolute Gasteiger partial charge is 0.309 e. The van der Waals surface area contributed by atoms with E-state index >= 15 is 0 Å². The Morgan fingerprint density at radius 3 is 2.54 bits per heavy atom. The number of ether oxygens (including phenoxy) is 1. The van der Waals surface area contributed by atoms with E-state index in [1.807, 2.05) is 35.2 Å². The zero-order chi connectivity index (χ0) is 18.5. The van der Waals surface area contributed by atoms with Crippen molar-refractivity contribution in [2.24, 2.45) is 11.8 Å². The molecule has 3 rings (SSSR count). The first kappa shape index (κ1) is 19.2. The van der Waals surface area contributed by atoms with Crippen molar-refractivity contribution in [1.82, 2.24) is 4.90 Å². The van der Waals surface area contributed by atoms with Crippen LogP contribution >= 0.6 is 11.8 Å². The zero-order valence-electron chi connectivity index (χ0n) is 15.2. The summed E-state index contributed by atoms with van der Waals surface area (Å²) in [4.78, 5) is 27.4. The first-order valence-electron chi connectivity index (χ1n) is 9.45. The highest BCUT2D eigenvalue weighted by atomic mass is 32.2. The number of rotatable bonds is 6. The number of likely N-dealkylation sites (tertiary alicyclic amines) is 1. The summed E-state index contributed by atoms with van der Waals surface area (Å²) in [5.74, 6) is -0.706. The van der Waals surface area contributed by atoms with Gasteiger partial charge in [0.1, 0.15) is 0 Å². The van der Waals surface area contributed by atoms with E-state index in [0.717, 1.165) is 24.2 Å². The molecule has 0 spiro atoms. The number of carboxylic acids is 1. The van der Waals surface area contributed by atoms with Crippen LogP contribution in [0.1, 0.15) is 32.6 Å². The Bertz CT molecular complexity index is 615. The van der Waals surface area contributed by atoms with Crippen LogP contribution in [0.25, 0.3) is 0 Å². The molecule has 0 saturated carbocycles. The maximum Gasteiger partial charge on any atom is 0.309 e. The summed E-state index contributed by atoms with van der Waals surface area (Å²) in [6.07, 6.45) is 2.86. The molecule has 2 unspecified atom stereocenters. The van der Waals surface area contributed by atoms with Gasteiger partial charge in [-0.25, -0.2) is 0 Å². The minimum atomic E-state index is -0.753. The van der Waals surface area contributed by atoms with Crippen LogP contribution in [-0.2, 0) is 14.3 Å². The molecule has 1 aromatic rings. The molecular weight excluding hydrogens is 350 g/mol. The number of aliphatic carboxylic acids is 1. The number of hydrogen-bond acceptors (Lipinski definition) is 4. The van der Waals surface area contributed by atoms with Crippen LogP contribution in [0.4, 0.5) is 0 Å². The lowest BCUT2D eigenvalue weighted by Gasteiger charge is -2.36. The van der Waals surface area contributed by atoms with Crippen molar-refractivity contribution in [2.45, 2.75) is 48.9 Å². The molecule has 1 aromatic carbocycles. The minimum absolute atomic E-state index is 0.0663. The van der Waals surface area contributed by atoms with Crippen molar-refractivity contribution in [2.75, 3.05) is 19.7 Å². The molecule has 1 amide bonds. The first-order chi connectivity index (χ1) is 12.6. The van der Waals surface area contributed by atoms with Gasteiger partial charge in [-0.05, 0) is 43.7 Å². The van der Waals surface area contributed by atoms with Crippen molar-refractivity contribution in [1.29, 1.82) is 0 Å². The molecule has 2 aliphatic rings. The number of amides is 1. The Morgan fingerprint density at radius 1 is 1.23 bits per heavy atom. The summed E-state index contributed by atoms with van der Waals surface area (Å²) in [6.45, 7) is 3.98. The van der Waals surface area contributed by atoms with Gasteiger partial charge < -0.3 is 14.7 Å². The van der Waals surface area contributed by atoms with Crippen LogP contribution < -0.4 is 0 Å². The molecule has 3 atom stereocenters. The Labute approximate surface area is 159 Å². The second kappa shape index (κ2) is 8.91. The molecule has 2 fully saturated rings. The van der Waals surface area contributed by atoms with E-state index in [2.05, 4.69) is 6.92 Å². The van der Waals surface area contributed by atoms with Crippen LogP contribution in [-0.4, -0.2) is 52.9 Å². The Hall–Kier alpha value is -1.53. The van der Waals surface area contributed by atoms with Gasteiger partial charge in [0.2, 0.25) is 5.91 Å². The average molecular weight is 378 g/mol. The number of carbonyl (C=O) groups excluding carboxylic acids is 1. The van der Waals surface area contributed by atoms with E-state index in [0.29, 0.717) is 26.1 Å². The van der Waals surface area contributed by atoms with E-state index in [9.17, 15) is 14.7 Å². The Morgan fingerprint density at radius 2 is 1.92 bits per heavy atom. The third kappa shape index (κ3) is 4.41. The quantitative estimate of drug-likeness (QED) is 0.771. The Balaban J connectivity index is 1.55. The summed E-state index contributed by atoms with van der Waals surface area (Å²) >= 11 is 1.63. The lowest BCUT2D eigenvalue weighted by Crippen LogP contribution is -2.46. The summed E-state index contributed by atoms with van der Waals surface area (Å²) in [6, 6.07) is 10.0. The number of hydrogen-bond donors (Lipinski definition) is 1. The second-order valence-corrected chi connectivity index (χ2v) is 8.34. The highest BCUT2D eigenvalue weighted by Gasteiger charge is 2.41. The number of carbonyl (C=O) groups is 2. The van der Waals surface area contributed by atoms with E-state index in [1.54, 1.807) is 11.8 Å². The van der Waals surface area contributed by atoms with E-state index < -0.39 is 5.97 Å². The van der Waals surface area contributed by atoms with Crippen molar-refractivity contribution in [3.05, 3.63) is 30.3 Å². The number of nitrogens with zero attached hydrogens (tertiary/aromatic N) is 1. The van der Waals surface area contributed by atoms with E-state index in [4.69, 9.17) is 4.74 Å². The van der Waals surface area contributed by atoms with Crippen LogP contribution in [0.15, 0.2) is 35.2 Å². The highest BCUT2D eigenvalue weighted by Crippen LogP contribution is 2.34. The van der Waals surface area contributed by atoms with Crippen LogP contribution in [0.3, 0.4) is 0 Å². The van der Waals surface area contributed by atoms with Gasteiger partial charge in [-0.15, -0.1) is 11.8 Å². The lowest BCUT2D eigenvalue weighted by molar-refractivity contribution is -0.145. The van der Waals surface area contributed by atoms with E-state index in [1.165, 1.54) is 0 Å². The molecule has 0 radical (unpaired) electrons. The predicted molar refractivity (Wildman–Crippen MR) is 101 cm³/mol. The fraction of sp³-hybridized carbons (Fsp3) is 0.600. The van der Waals surface area contributed by atoms with Crippen molar-refractivity contribution >= 4 is 23.6 Å². The molecule has 2 heterocycles. The first-order valence-corrected chi connectivity index (χ1v) is 10.3. The zero-order valence-corrected chi connectivity index (χ0v) is 16.0. The highest BCUT2D eigenvalue weighted by molar-refractivity contribution is 8.00. The third-order valence-corrected chi connectivity index (χ3v) is 6.80. The van der Waals surface area contributed by atoms with Crippen molar-refractivity contribution in [3.8, 4) is 0 Å². The maximum absolute atomic E-state index is 12.9. The summed E-state index contributed by atoms with van der Waals surface area (Å²) in [7, 11) is 0. The monoisotopic (exact) mass is 377 g/mol. The van der Waals surface area contributed by atoms with Gasteiger partial charge >= 0.3 is 5.97 Å². The molecule has 26 heavy (non-hydrogen) atoms. The number of carboxylic acid groups (broad SMARTS) is 1. The predicted octanol–water partition coefficient (Wildman–Crippen LogP) is 3.29. The second-order valence-electron chi connectivity index (χ2n) is 7.06. The van der Waals surface area contributed by atoms with E-state index in [-0.39, 0.29) is 29.1 Å². The summed E-state index contributed by atoms with van der Waals surface area (Å²) in [5, 5.41) is 9.29. The van der Waals surface area contributed by atoms with Crippen LogP contribution in [0, 0.1) is 11.8 Å². The van der Waals surface area contributed by atoms with Gasteiger partial charge in [0.15, 0.2) is 0 Å². The molecule has 6 heteroatoms.